The van der Waals surface area contributed by atoms with Crippen LogP contribution in [0.1, 0.15) is 15.3 Å². The van der Waals surface area contributed by atoms with Crippen LogP contribution < -0.4 is 38.8 Å². The Balaban J connectivity index is 0.00000306. The van der Waals surface area contributed by atoms with Crippen molar-refractivity contribution in [2.24, 2.45) is 0 Å². The number of imidazole rings is 1. The summed E-state index contributed by atoms with van der Waals surface area (Å²) in [6, 6.07) is 9.99. The molecule has 0 saturated carbocycles. The molecular formula is C20H23ClFN3NaO6PS. The van der Waals surface area contributed by atoms with Gasteiger partial charge in [0.05, 0.1) is 30.9 Å². The molecule has 0 saturated heterocycles. The first-order chi connectivity index (χ1) is 15.6. The van der Waals surface area contributed by atoms with E-state index in [0.29, 0.717) is 16.9 Å². The molecule has 3 rings (SSSR count). The maximum Gasteiger partial charge on any atom is 1.00 e. The summed E-state index contributed by atoms with van der Waals surface area (Å²) in [5.74, 6) is -0.487. The van der Waals surface area contributed by atoms with Gasteiger partial charge in [-0.05, 0) is 56.3 Å². The average Bonchev–Trinajstić information content (AvgIpc) is 3.15. The smallest absolute Gasteiger partial charge is 1.00 e. The van der Waals surface area contributed by atoms with Crippen molar-refractivity contribution in [3.63, 3.8) is 0 Å². The van der Waals surface area contributed by atoms with Crippen LogP contribution in [0.25, 0.3) is 16.9 Å². The molecule has 0 unspecified atom stereocenters. The van der Waals surface area contributed by atoms with E-state index in [1.165, 1.54) is 49.8 Å². The van der Waals surface area contributed by atoms with Crippen LogP contribution in [0.2, 0.25) is 5.15 Å². The van der Waals surface area contributed by atoms with Crippen LogP contribution in [-0.2, 0) is 23.6 Å². The number of rotatable bonds is 10. The van der Waals surface area contributed by atoms with E-state index < -0.39 is 23.6 Å². The molecule has 0 aliphatic heterocycles. The minimum absolute atomic E-state index is 0. The minimum atomic E-state index is -4.21. The predicted octanol–water partition coefficient (Wildman–Crippen LogP) is 1.92. The number of aromatic nitrogens is 2. The Morgan fingerprint density at radius 3 is 2.29 bits per heavy atom. The van der Waals surface area contributed by atoms with E-state index in [9.17, 15) is 17.4 Å². The van der Waals surface area contributed by atoms with Crippen LogP contribution in [0.5, 0.6) is 5.75 Å². The Hall–Kier alpha value is -1.27. The first-order valence-corrected chi connectivity index (χ1v) is 13.1. The summed E-state index contributed by atoms with van der Waals surface area (Å²) in [5.41, 5.74) is 1.37. The van der Waals surface area contributed by atoms with Crippen molar-refractivity contribution in [2.45, 2.75) is 18.7 Å². The standard InChI is InChI=1S/C20H22ClFN3O6PS.Na.H/c1-4-30-32(26,31-5-2)24-33(27,28)16-9-7-15(8-10-16)25-13-23-20(21)19(25)14-6-11-18(29-3)17(22)12-14;;/h6-13H,4-5H2,1-3H3,(H,24,26);;/q;+1;-1. The normalized spacial score (nSPS) is 11.8. The second-order valence-electron chi connectivity index (χ2n) is 6.52. The van der Waals surface area contributed by atoms with E-state index in [1.807, 2.05) is 4.49 Å². The van der Waals surface area contributed by atoms with Crippen LogP contribution >= 0.6 is 19.3 Å². The number of halogens is 2. The largest absolute Gasteiger partial charge is 1.00 e. The molecule has 0 fully saturated rings. The van der Waals surface area contributed by atoms with Gasteiger partial charge < -0.3 is 6.16 Å². The molecule has 0 aliphatic carbocycles. The van der Waals surface area contributed by atoms with Crippen LogP contribution in [-0.4, -0.2) is 38.3 Å². The molecule has 3 aromatic rings. The Morgan fingerprint density at radius 1 is 1.15 bits per heavy atom. The maximum atomic E-state index is 14.2. The molecule has 34 heavy (non-hydrogen) atoms. The molecule has 0 atom stereocenters. The van der Waals surface area contributed by atoms with Crippen molar-refractivity contribution in [1.29, 1.82) is 0 Å². The molecule has 180 valence electrons. The number of methoxy groups -OCH3 is 1. The van der Waals surface area contributed by atoms with Gasteiger partial charge in [-0.3, -0.25) is 13.6 Å². The molecule has 0 bridgehead atoms. The first kappa shape index (κ1) is 29.0. The van der Waals surface area contributed by atoms with Crippen molar-refractivity contribution in [1.82, 2.24) is 14.0 Å². The Morgan fingerprint density at radius 2 is 1.76 bits per heavy atom. The topological polar surface area (TPSA) is 109 Å². The second-order valence-corrected chi connectivity index (χ2v) is 10.6. The van der Waals surface area contributed by atoms with Gasteiger partial charge in [-0.2, -0.15) is 0 Å². The molecule has 0 amide bonds. The van der Waals surface area contributed by atoms with Gasteiger partial charge >= 0.3 is 37.3 Å². The number of nitrogens with zero attached hydrogens (tertiary/aromatic N) is 2. The van der Waals surface area contributed by atoms with E-state index in [2.05, 4.69) is 4.98 Å². The molecule has 1 aromatic heterocycles. The van der Waals surface area contributed by atoms with Gasteiger partial charge in [-0.25, -0.2) is 22.4 Å². The van der Waals surface area contributed by atoms with E-state index in [-0.39, 0.29) is 60.0 Å². The third-order valence-corrected chi connectivity index (χ3v) is 8.62. The SMILES string of the molecule is CCOP(=O)(NS(=O)(=O)c1ccc(-n2cnc(Cl)c2-c2ccc(OC)c(F)c2)cc1)OCC.[H-].[Na+]. The zero-order valence-electron chi connectivity index (χ0n) is 20.0. The van der Waals surface area contributed by atoms with Crippen LogP contribution in [0, 0.1) is 5.82 Å². The molecule has 0 spiro atoms. The molecule has 14 heteroatoms. The van der Waals surface area contributed by atoms with Gasteiger partial charge in [0.1, 0.15) is 6.33 Å². The van der Waals surface area contributed by atoms with Crippen molar-refractivity contribution in [3.8, 4) is 22.7 Å². The summed E-state index contributed by atoms with van der Waals surface area (Å²) in [5, 5.41) is 0.132. The van der Waals surface area contributed by atoms with Gasteiger partial charge in [0.2, 0.25) is 10.0 Å². The summed E-state index contributed by atoms with van der Waals surface area (Å²) < 4.78 is 70.7. The Kier molecular flexibility index (Phi) is 10.3. The predicted molar refractivity (Wildman–Crippen MR) is 123 cm³/mol. The summed E-state index contributed by atoms with van der Waals surface area (Å²) in [7, 11) is -6.90. The molecule has 0 aliphatic rings. The number of benzene rings is 2. The van der Waals surface area contributed by atoms with E-state index in [4.69, 9.17) is 25.4 Å². The fraction of sp³-hybridized carbons (Fsp3) is 0.250. The monoisotopic (exact) mass is 541 g/mol. The van der Waals surface area contributed by atoms with Gasteiger partial charge in [0.25, 0.3) is 0 Å². The molecule has 1 heterocycles. The quantitative estimate of drug-likeness (QED) is 0.308. The van der Waals surface area contributed by atoms with Crippen molar-refractivity contribution >= 4 is 29.4 Å². The number of hydrogen-bond acceptors (Lipinski definition) is 7. The first-order valence-electron chi connectivity index (χ1n) is 9.74. The minimum Gasteiger partial charge on any atom is -1.00 e. The zero-order chi connectivity index (χ0) is 24.2. The van der Waals surface area contributed by atoms with E-state index in [0.717, 1.165) is 0 Å². The van der Waals surface area contributed by atoms with Crippen LogP contribution in [0.3, 0.4) is 0 Å². The fourth-order valence-electron chi connectivity index (χ4n) is 3.01. The van der Waals surface area contributed by atoms with Crippen molar-refractivity contribution in [3.05, 3.63) is 59.8 Å². The molecule has 1 N–H and O–H groups in total. The van der Waals surface area contributed by atoms with Crippen molar-refractivity contribution in [2.75, 3.05) is 20.3 Å². The molecule has 2 aromatic carbocycles. The maximum absolute atomic E-state index is 14.2. The van der Waals surface area contributed by atoms with Gasteiger partial charge in [-0.1, -0.05) is 11.6 Å². The Bertz CT molecular complexity index is 1290. The summed E-state index contributed by atoms with van der Waals surface area (Å²) in [4.78, 5) is 3.92. The van der Waals surface area contributed by atoms with Crippen molar-refractivity contribution < 1.29 is 62.1 Å². The number of sulfonamides is 1. The van der Waals surface area contributed by atoms with Crippen LogP contribution in [0.15, 0.2) is 53.7 Å². The second kappa shape index (κ2) is 12.1. The number of ether oxygens (including phenoxy) is 1. The van der Waals surface area contributed by atoms with E-state index in [1.54, 1.807) is 24.5 Å². The Labute approximate surface area is 226 Å². The summed E-state index contributed by atoms with van der Waals surface area (Å²) in [6.07, 6.45) is 1.43. The average molecular weight is 542 g/mol. The van der Waals surface area contributed by atoms with Gasteiger partial charge in [-0.15, -0.1) is 4.49 Å². The van der Waals surface area contributed by atoms with Gasteiger partial charge in [0, 0.05) is 11.3 Å². The molecule has 9 nitrogen and oxygen atoms in total. The third-order valence-electron chi connectivity index (χ3n) is 4.40. The number of hydrogen-bond donors (Lipinski definition) is 1. The molecular weight excluding hydrogens is 519 g/mol. The van der Waals surface area contributed by atoms with E-state index >= 15 is 0 Å². The molecule has 0 radical (unpaired) electrons. The summed E-state index contributed by atoms with van der Waals surface area (Å²) >= 11 is 6.24. The fourth-order valence-corrected chi connectivity index (χ4v) is 6.52. The third kappa shape index (κ3) is 6.48. The number of nitrogens with one attached hydrogen (secondary N) is 1. The van der Waals surface area contributed by atoms with Gasteiger partial charge in [0.15, 0.2) is 16.7 Å². The zero-order valence-corrected chi connectivity index (χ0v) is 23.5. The van der Waals surface area contributed by atoms with Crippen LogP contribution in [0.4, 0.5) is 4.39 Å². The summed E-state index contributed by atoms with van der Waals surface area (Å²) in [6.45, 7) is 3.12.